The fourth-order valence-corrected chi connectivity index (χ4v) is 2.15. The molecule has 19 heavy (non-hydrogen) atoms. The van der Waals surface area contributed by atoms with Gasteiger partial charge in [0.05, 0.1) is 13.2 Å². The molecule has 1 atom stereocenters. The van der Waals surface area contributed by atoms with Crippen LogP contribution in [0.15, 0.2) is 12.2 Å². The Labute approximate surface area is 117 Å². The van der Waals surface area contributed by atoms with Crippen LogP contribution < -0.4 is 0 Å². The molecule has 0 aromatic carbocycles. The number of esters is 1. The van der Waals surface area contributed by atoms with E-state index in [1.807, 2.05) is 0 Å². The largest absolute Gasteiger partial charge is 0.464 e. The van der Waals surface area contributed by atoms with E-state index < -0.39 is 6.10 Å². The van der Waals surface area contributed by atoms with Gasteiger partial charge in [-0.15, -0.1) is 0 Å². The summed E-state index contributed by atoms with van der Waals surface area (Å²) >= 11 is 0. The van der Waals surface area contributed by atoms with Crippen molar-refractivity contribution in [3.8, 4) is 0 Å². The highest BCUT2D eigenvalue weighted by atomic mass is 16.6. The van der Waals surface area contributed by atoms with E-state index in [0.717, 1.165) is 25.7 Å². The summed E-state index contributed by atoms with van der Waals surface area (Å²) in [6.07, 6.45) is 14.6. The number of cyclic esters (lactones) is 1. The second-order valence-electron chi connectivity index (χ2n) is 5.20. The van der Waals surface area contributed by atoms with Gasteiger partial charge in [0.15, 0.2) is 6.10 Å². The lowest BCUT2D eigenvalue weighted by Crippen LogP contribution is -2.24. The van der Waals surface area contributed by atoms with Crippen LogP contribution in [0.5, 0.6) is 0 Å². The minimum Gasteiger partial charge on any atom is -0.464 e. The number of carbonyl (C=O) groups is 1. The van der Waals surface area contributed by atoms with Gasteiger partial charge in [-0.2, -0.15) is 0 Å². The smallest absolute Gasteiger partial charge is 0.334 e. The van der Waals surface area contributed by atoms with E-state index in [9.17, 15) is 4.79 Å². The number of rotatable bonds is 0. The summed E-state index contributed by atoms with van der Waals surface area (Å²) in [5.41, 5.74) is 0. The Morgan fingerprint density at radius 2 is 1.53 bits per heavy atom. The van der Waals surface area contributed by atoms with Gasteiger partial charge in [0, 0.05) is 0 Å². The van der Waals surface area contributed by atoms with Gasteiger partial charge < -0.3 is 9.47 Å². The van der Waals surface area contributed by atoms with E-state index in [1.165, 1.54) is 32.1 Å². The lowest BCUT2D eigenvalue weighted by atomic mass is 10.1. The first-order valence-electron chi connectivity index (χ1n) is 7.74. The Morgan fingerprint density at radius 1 is 0.895 bits per heavy atom. The van der Waals surface area contributed by atoms with Gasteiger partial charge >= 0.3 is 5.97 Å². The highest BCUT2D eigenvalue weighted by Gasteiger charge is 2.13. The first-order valence-corrected chi connectivity index (χ1v) is 7.74. The maximum atomic E-state index is 11.6. The molecule has 0 fully saturated rings. The third kappa shape index (κ3) is 8.82. The Balaban J connectivity index is 2.28. The Bertz CT molecular complexity index is 261. The molecule has 3 heteroatoms. The van der Waals surface area contributed by atoms with Crippen molar-refractivity contribution in [2.24, 2.45) is 0 Å². The Morgan fingerprint density at radius 3 is 2.32 bits per heavy atom. The maximum Gasteiger partial charge on any atom is 0.334 e. The van der Waals surface area contributed by atoms with Crippen LogP contribution >= 0.6 is 0 Å². The number of hydrogen-bond acceptors (Lipinski definition) is 3. The van der Waals surface area contributed by atoms with E-state index in [-0.39, 0.29) is 5.97 Å². The zero-order valence-corrected chi connectivity index (χ0v) is 12.2. The SMILES string of the molecule is CC1OCC/C=C\CCCCCCCCCOC1=O. The summed E-state index contributed by atoms with van der Waals surface area (Å²) in [5.74, 6) is -0.228. The molecule has 0 aromatic heterocycles. The van der Waals surface area contributed by atoms with Crippen LogP contribution in [0, 0.1) is 0 Å². The first kappa shape index (κ1) is 16.2. The molecule has 1 aliphatic heterocycles. The number of hydrogen-bond donors (Lipinski definition) is 0. The van der Waals surface area contributed by atoms with Crippen molar-refractivity contribution in [2.75, 3.05) is 13.2 Å². The number of ether oxygens (including phenoxy) is 2. The normalized spacial score (nSPS) is 27.2. The Hall–Kier alpha value is -0.830. The molecule has 0 N–H and O–H groups in total. The van der Waals surface area contributed by atoms with Crippen molar-refractivity contribution in [3.63, 3.8) is 0 Å². The third-order valence-electron chi connectivity index (χ3n) is 3.41. The minimum absolute atomic E-state index is 0.228. The summed E-state index contributed by atoms with van der Waals surface area (Å²) in [7, 11) is 0. The van der Waals surface area contributed by atoms with Crippen molar-refractivity contribution < 1.29 is 14.3 Å². The maximum absolute atomic E-state index is 11.6. The van der Waals surface area contributed by atoms with Gasteiger partial charge in [0.2, 0.25) is 0 Å². The quantitative estimate of drug-likeness (QED) is 0.492. The van der Waals surface area contributed by atoms with Crippen LogP contribution in [0.4, 0.5) is 0 Å². The molecular weight excluding hydrogens is 240 g/mol. The summed E-state index contributed by atoms with van der Waals surface area (Å²) in [6, 6.07) is 0. The molecule has 1 rings (SSSR count). The molecule has 1 heterocycles. The zero-order chi connectivity index (χ0) is 13.8. The van der Waals surface area contributed by atoms with Gasteiger partial charge in [-0.1, -0.05) is 44.3 Å². The first-order chi connectivity index (χ1) is 9.30. The van der Waals surface area contributed by atoms with Gasteiger partial charge in [-0.05, 0) is 32.6 Å². The van der Waals surface area contributed by atoms with Crippen LogP contribution in [0.2, 0.25) is 0 Å². The lowest BCUT2D eigenvalue weighted by Gasteiger charge is -2.11. The van der Waals surface area contributed by atoms with Crippen molar-refractivity contribution in [2.45, 2.75) is 70.8 Å². The highest BCUT2D eigenvalue weighted by Crippen LogP contribution is 2.10. The number of carbonyl (C=O) groups excluding carboxylic acids is 1. The molecule has 0 amide bonds. The fraction of sp³-hybridized carbons (Fsp3) is 0.812. The molecule has 1 aliphatic rings. The zero-order valence-electron chi connectivity index (χ0n) is 12.2. The monoisotopic (exact) mass is 268 g/mol. The molecule has 0 saturated heterocycles. The Kier molecular flexibility index (Phi) is 9.42. The molecule has 0 saturated carbocycles. The molecule has 0 aromatic rings. The van der Waals surface area contributed by atoms with Crippen LogP contribution in [-0.4, -0.2) is 25.3 Å². The van der Waals surface area contributed by atoms with Crippen LogP contribution in [-0.2, 0) is 14.3 Å². The highest BCUT2D eigenvalue weighted by molar-refractivity contribution is 5.74. The van der Waals surface area contributed by atoms with Crippen LogP contribution in [0.1, 0.15) is 64.7 Å². The molecule has 0 aliphatic carbocycles. The molecule has 3 nitrogen and oxygen atoms in total. The molecule has 1 unspecified atom stereocenters. The van der Waals surface area contributed by atoms with Crippen molar-refractivity contribution in [3.05, 3.63) is 12.2 Å². The number of allylic oxidation sites excluding steroid dienone is 1. The van der Waals surface area contributed by atoms with Gasteiger partial charge in [-0.25, -0.2) is 4.79 Å². The van der Waals surface area contributed by atoms with E-state index in [2.05, 4.69) is 12.2 Å². The molecule has 0 spiro atoms. The van der Waals surface area contributed by atoms with Crippen molar-refractivity contribution in [1.82, 2.24) is 0 Å². The van der Waals surface area contributed by atoms with Gasteiger partial charge in [0.1, 0.15) is 0 Å². The van der Waals surface area contributed by atoms with Gasteiger partial charge in [-0.3, -0.25) is 0 Å². The molecule has 0 bridgehead atoms. The van der Waals surface area contributed by atoms with E-state index in [0.29, 0.717) is 13.2 Å². The summed E-state index contributed by atoms with van der Waals surface area (Å²) in [5, 5.41) is 0. The second kappa shape index (κ2) is 11.0. The van der Waals surface area contributed by atoms with Gasteiger partial charge in [0.25, 0.3) is 0 Å². The molecular formula is C16H28O3. The predicted octanol–water partition coefficient (Wildman–Crippen LogP) is 4.02. The topological polar surface area (TPSA) is 35.5 Å². The molecule has 0 radical (unpaired) electrons. The van der Waals surface area contributed by atoms with Crippen molar-refractivity contribution in [1.29, 1.82) is 0 Å². The summed E-state index contributed by atoms with van der Waals surface area (Å²) in [4.78, 5) is 11.6. The van der Waals surface area contributed by atoms with E-state index in [4.69, 9.17) is 9.47 Å². The van der Waals surface area contributed by atoms with E-state index >= 15 is 0 Å². The van der Waals surface area contributed by atoms with Crippen LogP contribution in [0.25, 0.3) is 0 Å². The second-order valence-corrected chi connectivity index (χ2v) is 5.20. The van der Waals surface area contributed by atoms with Crippen molar-refractivity contribution >= 4 is 5.97 Å². The molecule has 110 valence electrons. The summed E-state index contributed by atoms with van der Waals surface area (Å²) < 4.78 is 10.7. The third-order valence-corrected chi connectivity index (χ3v) is 3.41. The van der Waals surface area contributed by atoms with E-state index in [1.54, 1.807) is 6.92 Å². The lowest BCUT2D eigenvalue weighted by molar-refractivity contribution is -0.156. The standard InChI is InChI=1S/C16H28O3/c1-15-16(17)19-14-12-10-8-6-4-2-3-5-7-9-11-13-18-15/h7,9,15H,2-6,8,10-14H2,1H3/b9-7-. The summed E-state index contributed by atoms with van der Waals surface area (Å²) in [6.45, 7) is 2.89. The average Bonchev–Trinajstić information content (AvgIpc) is 2.41. The average molecular weight is 268 g/mol. The minimum atomic E-state index is -0.441. The fourth-order valence-electron chi connectivity index (χ4n) is 2.15. The predicted molar refractivity (Wildman–Crippen MR) is 77.1 cm³/mol. The van der Waals surface area contributed by atoms with Crippen LogP contribution in [0.3, 0.4) is 0 Å².